The Labute approximate surface area is 114 Å². The molecule has 2 fully saturated rings. The second-order valence-corrected chi connectivity index (χ2v) is 5.92. The fraction of sp³-hybridized carbons (Fsp3) is 0.857. The zero-order chi connectivity index (χ0) is 13.9. The fourth-order valence-electron chi connectivity index (χ4n) is 3.47. The summed E-state index contributed by atoms with van der Waals surface area (Å²) < 4.78 is 0. The SMILES string of the molecule is CCCC1(C(=O)N2CCC(C(N)=O)C2)CCNCC1. The highest BCUT2D eigenvalue weighted by Crippen LogP contribution is 2.37. The topological polar surface area (TPSA) is 75.4 Å². The van der Waals surface area contributed by atoms with Gasteiger partial charge in [-0.15, -0.1) is 0 Å². The first-order valence-corrected chi connectivity index (χ1v) is 7.38. The molecule has 108 valence electrons. The van der Waals surface area contributed by atoms with E-state index in [2.05, 4.69) is 12.2 Å². The minimum absolute atomic E-state index is 0.149. The molecule has 0 spiro atoms. The molecule has 0 bridgehead atoms. The summed E-state index contributed by atoms with van der Waals surface area (Å²) in [6.45, 7) is 5.17. The number of nitrogens with two attached hydrogens (primary N) is 1. The van der Waals surface area contributed by atoms with Crippen molar-refractivity contribution in [2.45, 2.75) is 39.0 Å². The molecule has 2 rings (SSSR count). The van der Waals surface area contributed by atoms with Crippen molar-refractivity contribution in [2.75, 3.05) is 26.2 Å². The van der Waals surface area contributed by atoms with E-state index < -0.39 is 0 Å². The van der Waals surface area contributed by atoms with Gasteiger partial charge >= 0.3 is 0 Å². The van der Waals surface area contributed by atoms with Crippen LogP contribution in [0.2, 0.25) is 0 Å². The fourth-order valence-corrected chi connectivity index (χ4v) is 3.47. The molecule has 1 unspecified atom stereocenters. The van der Waals surface area contributed by atoms with Gasteiger partial charge in [0.2, 0.25) is 11.8 Å². The van der Waals surface area contributed by atoms with Crippen LogP contribution < -0.4 is 11.1 Å². The van der Waals surface area contributed by atoms with Crippen LogP contribution in [0.5, 0.6) is 0 Å². The molecule has 0 saturated carbocycles. The van der Waals surface area contributed by atoms with Crippen molar-refractivity contribution < 1.29 is 9.59 Å². The quantitative estimate of drug-likeness (QED) is 0.778. The Hall–Kier alpha value is -1.10. The molecule has 2 aliphatic heterocycles. The maximum absolute atomic E-state index is 12.8. The molecule has 5 nitrogen and oxygen atoms in total. The summed E-state index contributed by atoms with van der Waals surface area (Å²) >= 11 is 0. The summed E-state index contributed by atoms with van der Waals surface area (Å²) in [6.07, 6.45) is 4.53. The van der Waals surface area contributed by atoms with Crippen molar-refractivity contribution >= 4 is 11.8 Å². The van der Waals surface area contributed by atoms with E-state index in [1.54, 1.807) is 0 Å². The summed E-state index contributed by atoms with van der Waals surface area (Å²) in [5.41, 5.74) is 5.14. The predicted octanol–water partition coefficient (Wildman–Crippen LogP) is 0.490. The summed E-state index contributed by atoms with van der Waals surface area (Å²) in [4.78, 5) is 25.9. The first-order chi connectivity index (χ1) is 9.09. The van der Waals surface area contributed by atoms with Gasteiger partial charge in [-0.1, -0.05) is 13.3 Å². The highest BCUT2D eigenvalue weighted by Gasteiger charge is 2.43. The van der Waals surface area contributed by atoms with Crippen molar-refractivity contribution in [3.05, 3.63) is 0 Å². The molecule has 5 heteroatoms. The highest BCUT2D eigenvalue weighted by molar-refractivity contribution is 5.85. The van der Waals surface area contributed by atoms with Crippen molar-refractivity contribution in [2.24, 2.45) is 17.1 Å². The number of hydrogen-bond donors (Lipinski definition) is 2. The van der Waals surface area contributed by atoms with Gasteiger partial charge in [0.1, 0.15) is 0 Å². The number of hydrogen-bond acceptors (Lipinski definition) is 3. The number of nitrogens with zero attached hydrogens (tertiary/aromatic N) is 1. The lowest BCUT2D eigenvalue weighted by Gasteiger charge is -2.39. The van der Waals surface area contributed by atoms with Crippen LogP contribution in [0.1, 0.15) is 39.0 Å². The van der Waals surface area contributed by atoms with Crippen LogP contribution in [-0.2, 0) is 9.59 Å². The van der Waals surface area contributed by atoms with Gasteiger partial charge in [-0.3, -0.25) is 9.59 Å². The third kappa shape index (κ3) is 2.91. The normalized spacial score (nSPS) is 26.4. The molecule has 2 amide bonds. The number of amides is 2. The number of likely N-dealkylation sites (tertiary alicyclic amines) is 1. The van der Waals surface area contributed by atoms with Gasteiger partial charge < -0.3 is 16.0 Å². The predicted molar refractivity (Wildman–Crippen MR) is 73.3 cm³/mol. The van der Waals surface area contributed by atoms with E-state index in [9.17, 15) is 9.59 Å². The zero-order valence-corrected chi connectivity index (χ0v) is 11.8. The minimum Gasteiger partial charge on any atom is -0.369 e. The molecule has 2 aliphatic rings. The largest absolute Gasteiger partial charge is 0.369 e. The first-order valence-electron chi connectivity index (χ1n) is 7.38. The van der Waals surface area contributed by atoms with Gasteiger partial charge in [0, 0.05) is 13.1 Å². The average Bonchev–Trinajstić information content (AvgIpc) is 2.89. The Balaban J connectivity index is 2.05. The van der Waals surface area contributed by atoms with Gasteiger partial charge in [0.05, 0.1) is 11.3 Å². The average molecular weight is 267 g/mol. The third-order valence-corrected chi connectivity index (χ3v) is 4.62. The maximum Gasteiger partial charge on any atom is 0.228 e. The van der Waals surface area contributed by atoms with Gasteiger partial charge in [-0.05, 0) is 38.8 Å². The van der Waals surface area contributed by atoms with E-state index >= 15 is 0 Å². The lowest BCUT2D eigenvalue weighted by molar-refractivity contribution is -0.143. The van der Waals surface area contributed by atoms with Crippen LogP contribution in [-0.4, -0.2) is 42.9 Å². The van der Waals surface area contributed by atoms with E-state index in [0.717, 1.165) is 45.2 Å². The van der Waals surface area contributed by atoms with Gasteiger partial charge in [-0.25, -0.2) is 0 Å². The number of rotatable bonds is 4. The van der Waals surface area contributed by atoms with E-state index in [-0.39, 0.29) is 23.1 Å². The molecule has 0 aromatic carbocycles. The van der Waals surface area contributed by atoms with Crippen molar-refractivity contribution in [1.29, 1.82) is 0 Å². The second-order valence-electron chi connectivity index (χ2n) is 5.92. The number of carbonyl (C=O) groups is 2. The number of primary amides is 1. The zero-order valence-electron chi connectivity index (χ0n) is 11.8. The molecule has 0 aromatic heterocycles. The van der Waals surface area contributed by atoms with Gasteiger partial charge in [0.25, 0.3) is 0 Å². The lowest BCUT2D eigenvalue weighted by atomic mass is 9.74. The molecule has 2 saturated heterocycles. The van der Waals surface area contributed by atoms with Crippen molar-refractivity contribution in [1.82, 2.24) is 10.2 Å². The van der Waals surface area contributed by atoms with Crippen LogP contribution in [0.3, 0.4) is 0 Å². The number of carbonyl (C=O) groups excluding carboxylic acids is 2. The van der Waals surface area contributed by atoms with E-state index in [0.29, 0.717) is 13.1 Å². The number of nitrogens with one attached hydrogen (secondary N) is 1. The summed E-state index contributed by atoms with van der Waals surface area (Å²) in [7, 11) is 0. The monoisotopic (exact) mass is 267 g/mol. The molecule has 2 heterocycles. The molecular weight excluding hydrogens is 242 g/mol. The minimum atomic E-state index is -0.273. The standard InChI is InChI=1S/C14H25N3O2/c1-2-4-14(5-7-16-8-6-14)13(19)17-9-3-11(10-17)12(15)18/h11,16H,2-10H2,1H3,(H2,15,18). The lowest BCUT2D eigenvalue weighted by Crippen LogP contribution is -2.49. The van der Waals surface area contributed by atoms with Gasteiger partial charge in [0.15, 0.2) is 0 Å². The van der Waals surface area contributed by atoms with Crippen LogP contribution in [0, 0.1) is 11.3 Å². The number of piperidine rings is 1. The second kappa shape index (κ2) is 5.90. The summed E-state index contributed by atoms with van der Waals surface area (Å²) in [6, 6.07) is 0. The smallest absolute Gasteiger partial charge is 0.228 e. The van der Waals surface area contributed by atoms with E-state index in [1.807, 2.05) is 4.90 Å². The first kappa shape index (κ1) is 14.3. The summed E-state index contributed by atoms with van der Waals surface area (Å²) in [5.74, 6) is -0.172. The van der Waals surface area contributed by atoms with E-state index in [4.69, 9.17) is 5.73 Å². The highest BCUT2D eigenvalue weighted by atomic mass is 16.2. The molecular formula is C14H25N3O2. The van der Waals surface area contributed by atoms with Crippen LogP contribution in [0.25, 0.3) is 0 Å². The van der Waals surface area contributed by atoms with Gasteiger partial charge in [-0.2, -0.15) is 0 Å². The van der Waals surface area contributed by atoms with Crippen LogP contribution in [0.15, 0.2) is 0 Å². The Morgan fingerprint density at radius 1 is 1.37 bits per heavy atom. The van der Waals surface area contributed by atoms with Crippen molar-refractivity contribution in [3.63, 3.8) is 0 Å². The molecule has 0 aromatic rings. The molecule has 0 aliphatic carbocycles. The van der Waals surface area contributed by atoms with Crippen molar-refractivity contribution in [3.8, 4) is 0 Å². The maximum atomic E-state index is 12.8. The van der Waals surface area contributed by atoms with Crippen LogP contribution >= 0.6 is 0 Å². The Morgan fingerprint density at radius 3 is 2.58 bits per heavy atom. The Kier molecular flexibility index (Phi) is 4.45. The Bertz CT molecular complexity index is 345. The molecule has 3 N–H and O–H groups in total. The summed E-state index contributed by atoms with van der Waals surface area (Å²) in [5, 5.41) is 3.33. The molecule has 0 radical (unpaired) electrons. The van der Waals surface area contributed by atoms with E-state index in [1.165, 1.54) is 0 Å². The molecule has 1 atom stereocenters. The Morgan fingerprint density at radius 2 is 2.05 bits per heavy atom. The van der Waals surface area contributed by atoms with Crippen LogP contribution in [0.4, 0.5) is 0 Å². The third-order valence-electron chi connectivity index (χ3n) is 4.62. The molecule has 19 heavy (non-hydrogen) atoms.